The fraction of sp³-hybridized carbons (Fsp3) is 0.381. The quantitative estimate of drug-likeness (QED) is 0.855. The predicted molar refractivity (Wildman–Crippen MR) is 99.4 cm³/mol. The summed E-state index contributed by atoms with van der Waals surface area (Å²) in [7, 11) is 1.93. The highest BCUT2D eigenvalue weighted by molar-refractivity contribution is 6.01. The van der Waals surface area contributed by atoms with Crippen LogP contribution in [0.25, 0.3) is 11.1 Å². The summed E-state index contributed by atoms with van der Waals surface area (Å²) in [6.07, 6.45) is -2.46. The van der Waals surface area contributed by atoms with E-state index in [1.165, 1.54) is 12.1 Å². The first-order chi connectivity index (χ1) is 12.9. The largest absolute Gasteiger partial charge is 0.416 e. The summed E-state index contributed by atoms with van der Waals surface area (Å²) in [5, 5.41) is 3.18. The number of nitrogens with one attached hydrogen (secondary N) is 1. The molecule has 27 heavy (non-hydrogen) atoms. The molecule has 1 N–H and O–H groups in total. The summed E-state index contributed by atoms with van der Waals surface area (Å²) in [6, 6.07) is 12.1. The van der Waals surface area contributed by atoms with Crippen molar-refractivity contribution in [1.29, 1.82) is 0 Å². The van der Waals surface area contributed by atoms with Crippen LogP contribution in [0.5, 0.6) is 0 Å². The third kappa shape index (κ3) is 4.50. The molecule has 0 unspecified atom stereocenters. The van der Waals surface area contributed by atoms with Gasteiger partial charge in [-0.3, -0.25) is 4.79 Å². The van der Waals surface area contributed by atoms with Crippen LogP contribution in [0.4, 0.5) is 13.2 Å². The molecule has 0 atom stereocenters. The number of carbonyl (C=O) groups excluding carboxylic acids is 1. The summed E-state index contributed by atoms with van der Waals surface area (Å²) in [6.45, 7) is 2.35. The van der Waals surface area contributed by atoms with Crippen LogP contribution in [-0.4, -0.2) is 37.5 Å². The van der Waals surface area contributed by atoms with Crippen LogP contribution in [0.3, 0.4) is 0 Å². The van der Waals surface area contributed by atoms with Gasteiger partial charge in [-0.15, -0.1) is 0 Å². The van der Waals surface area contributed by atoms with Gasteiger partial charge in [-0.2, -0.15) is 13.2 Å². The first-order valence-electron chi connectivity index (χ1n) is 9.10. The number of hydrogen-bond donors (Lipinski definition) is 1. The van der Waals surface area contributed by atoms with Crippen molar-refractivity contribution in [2.24, 2.45) is 5.92 Å². The average molecular weight is 376 g/mol. The zero-order valence-electron chi connectivity index (χ0n) is 15.2. The lowest BCUT2D eigenvalue weighted by Crippen LogP contribution is -2.40. The number of rotatable bonds is 4. The van der Waals surface area contributed by atoms with E-state index in [1.807, 2.05) is 11.9 Å². The first-order valence-corrected chi connectivity index (χ1v) is 9.10. The van der Waals surface area contributed by atoms with Crippen molar-refractivity contribution >= 4 is 5.91 Å². The van der Waals surface area contributed by atoms with Gasteiger partial charge >= 0.3 is 6.18 Å². The van der Waals surface area contributed by atoms with Gasteiger partial charge in [0.1, 0.15) is 0 Å². The summed E-state index contributed by atoms with van der Waals surface area (Å²) in [5.74, 6) is 0.512. The highest BCUT2D eigenvalue weighted by Gasteiger charge is 2.30. The Kier molecular flexibility index (Phi) is 5.85. The molecule has 1 fully saturated rings. The van der Waals surface area contributed by atoms with Gasteiger partial charge in [0.15, 0.2) is 0 Å². The molecular weight excluding hydrogens is 353 g/mol. The molecule has 0 radical (unpaired) electrons. The summed E-state index contributed by atoms with van der Waals surface area (Å²) in [4.78, 5) is 14.9. The summed E-state index contributed by atoms with van der Waals surface area (Å²) < 4.78 is 38.4. The average Bonchev–Trinajstić information content (AvgIpc) is 2.68. The van der Waals surface area contributed by atoms with E-state index in [0.717, 1.165) is 31.5 Å². The molecule has 1 aliphatic heterocycles. The number of piperidine rings is 1. The van der Waals surface area contributed by atoms with Gasteiger partial charge in [0, 0.05) is 18.7 Å². The van der Waals surface area contributed by atoms with Crippen LogP contribution in [-0.2, 0) is 6.18 Å². The Balaban J connectivity index is 1.81. The molecule has 2 aromatic rings. The fourth-order valence-corrected chi connectivity index (χ4v) is 3.56. The molecule has 144 valence electrons. The third-order valence-corrected chi connectivity index (χ3v) is 5.08. The molecule has 0 spiro atoms. The maximum Gasteiger partial charge on any atom is 0.416 e. The number of halogens is 3. The van der Waals surface area contributed by atoms with Crippen LogP contribution < -0.4 is 5.32 Å². The van der Waals surface area contributed by atoms with Gasteiger partial charge in [-0.25, -0.2) is 0 Å². The number of amides is 1. The second-order valence-electron chi connectivity index (χ2n) is 6.91. The zero-order valence-corrected chi connectivity index (χ0v) is 15.2. The summed E-state index contributed by atoms with van der Waals surface area (Å²) >= 11 is 0. The van der Waals surface area contributed by atoms with Gasteiger partial charge in [0.2, 0.25) is 0 Å². The topological polar surface area (TPSA) is 32.3 Å². The number of carbonyl (C=O) groups is 1. The fourth-order valence-electron chi connectivity index (χ4n) is 3.56. The molecule has 3 rings (SSSR count). The second-order valence-corrected chi connectivity index (χ2v) is 6.91. The lowest BCUT2D eigenvalue weighted by atomic mass is 9.94. The van der Waals surface area contributed by atoms with Crippen LogP contribution in [0, 0.1) is 5.92 Å². The minimum absolute atomic E-state index is 0.0617. The molecule has 1 heterocycles. The maximum absolute atomic E-state index is 13.0. The van der Waals surface area contributed by atoms with E-state index < -0.39 is 11.7 Å². The SMILES string of the molecule is CNCC1CCN(C(=O)c2ccccc2-c2ccc(C(F)(F)F)cc2)CC1. The van der Waals surface area contributed by atoms with Gasteiger partial charge < -0.3 is 10.2 Å². The molecule has 0 aromatic heterocycles. The Bertz CT molecular complexity index is 779. The monoisotopic (exact) mass is 376 g/mol. The Morgan fingerprint density at radius 2 is 1.70 bits per heavy atom. The molecule has 0 saturated carbocycles. The van der Waals surface area contributed by atoms with Crippen molar-refractivity contribution in [3.8, 4) is 11.1 Å². The Morgan fingerprint density at radius 3 is 2.30 bits per heavy atom. The van der Waals surface area contributed by atoms with Crippen molar-refractivity contribution in [3.63, 3.8) is 0 Å². The van der Waals surface area contributed by atoms with E-state index in [0.29, 0.717) is 35.7 Å². The molecule has 1 aliphatic rings. The summed E-state index contributed by atoms with van der Waals surface area (Å²) in [5.41, 5.74) is 1.11. The predicted octanol–water partition coefficient (Wildman–Crippen LogP) is 4.44. The standard InChI is InChI=1S/C21H23F3N2O/c1-25-14-15-10-12-26(13-11-15)20(27)19-5-3-2-4-18(19)16-6-8-17(9-7-16)21(22,23)24/h2-9,15,25H,10-14H2,1H3. The zero-order chi connectivity index (χ0) is 19.4. The Labute approximate surface area is 157 Å². The van der Waals surface area contributed by atoms with E-state index in [-0.39, 0.29) is 5.91 Å². The Morgan fingerprint density at radius 1 is 1.07 bits per heavy atom. The lowest BCUT2D eigenvalue weighted by Gasteiger charge is -2.32. The van der Waals surface area contributed by atoms with Crippen LogP contribution in [0.2, 0.25) is 0 Å². The van der Waals surface area contributed by atoms with E-state index >= 15 is 0 Å². The normalized spacial score (nSPS) is 15.8. The van der Waals surface area contributed by atoms with E-state index in [1.54, 1.807) is 24.3 Å². The molecule has 1 amide bonds. The molecule has 0 bridgehead atoms. The molecular formula is C21H23F3N2O. The van der Waals surface area contributed by atoms with Gasteiger partial charge in [-0.05, 0) is 61.7 Å². The maximum atomic E-state index is 13.0. The van der Waals surface area contributed by atoms with Crippen molar-refractivity contribution in [2.75, 3.05) is 26.7 Å². The third-order valence-electron chi connectivity index (χ3n) is 5.08. The van der Waals surface area contributed by atoms with Crippen LogP contribution in [0.15, 0.2) is 48.5 Å². The van der Waals surface area contributed by atoms with Crippen molar-refractivity contribution in [2.45, 2.75) is 19.0 Å². The lowest BCUT2D eigenvalue weighted by molar-refractivity contribution is -0.137. The highest BCUT2D eigenvalue weighted by atomic mass is 19.4. The molecule has 2 aromatic carbocycles. The minimum atomic E-state index is -4.37. The van der Waals surface area contributed by atoms with Crippen molar-refractivity contribution in [3.05, 3.63) is 59.7 Å². The number of alkyl halides is 3. The number of hydrogen-bond acceptors (Lipinski definition) is 2. The first kappa shape index (κ1) is 19.4. The second kappa shape index (κ2) is 8.13. The number of likely N-dealkylation sites (tertiary alicyclic amines) is 1. The molecule has 1 saturated heterocycles. The minimum Gasteiger partial charge on any atom is -0.339 e. The van der Waals surface area contributed by atoms with Crippen molar-refractivity contribution < 1.29 is 18.0 Å². The van der Waals surface area contributed by atoms with E-state index in [9.17, 15) is 18.0 Å². The molecule has 0 aliphatic carbocycles. The highest BCUT2D eigenvalue weighted by Crippen LogP contribution is 2.32. The van der Waals surface area contributed by atoms with Gasteiger partial charge in [0.05, 0.1) is 5.56 Å². The number of nitrogens with zero attached hydrogens (tertiary/aromatic N) is 1. The molecule has 6 heteroatoms. The van der Waals surface area contributed by atoms with E-state index in [2.05, 4.69) is 5.32 Å². The van der Waals surface area contributed by atoms with Gasteiger partial charge in [-0.1, -0.05) is 30.3 Å². The smallest absolute Gasteiger partial charge is 0.339 e. The Hall–Kier alpha value is -2.34. The van der Waals surface area contributed by atoms with E-state index in [4.69, 9.17) is 0 Å². The van der Waals surface area contributed by atoms with Crippen LogP contribution >= 0.6 is 0 Å². The van der Waals surface area contributed by atoms with Crippen molar-refractivity contribution in [1.82, 2.24) is 10.2 Å². The number of benzene rings is 2. The van der Waals surface area contributed by atoms with Crippen LogP contribution in [0.1, 0.15) is 28.8 Å². The molecule has 3 nitrogen and oxygen atoms in total. The van der Waals surface area contributed by atoms with Gasteiger partial charge in [0.25, 0.3) is 5.91 Å².